The molecule has 2 heterocycles. The Balaban J connectivity index is 2.51. The lowest BCUT2D eigenvalue weighted by molar-refractivity contribution is 0.617. The molecule has 2 rings (SSSR count). The molecule has 2 aromatic heterocycles. The fraction of sp³-hybridized carbons (Fsp3) is 0. The van der Waals surface area contributed by atoms with Gasteiger partial charge in [0.05, 0.1) is 17.0 Å². The summed E-state index contributed by atoms with van der Waals surface area (Å²) in [4.78, 5) is 8.29. The van der Waals surface area contributed by atoms with E-state index in [-0.39, 0.29) is 0 Å². The van der Waals surface area contributed by atoms with Gasteiger partial charge in [-0.15, -0.1) is 0 Å². The molecule has 4 heteroatoms. The van der Waals surface area contributed by atoms with E-state index in [9.17, 15) is 0 Å². The van der Waals surface area contributed by atoms with E-state index in [1.54, 1.807) is 18.6 Å². The summed E-state index contributed by atoms with van der Waals surface area (Å²) in [6, 6.07) is 7.59. The zero-order valence-corrected chi connectivity index (χ0v) is 8.97. The molecule has 0 aromatic carbocycles. The van der Waals surface area contributed by atoms with Crippen LogP contribution in [-0.4, -0.2) is 26.6 Å². The maximum Gasteiger partial charge on any atom is 0.494 e. The summed E-state index contributed by atoms with van der Waals surface area (Å²) in [7, 11) is 0. The van der Waals surface area contributed by atoms with Crippen molar-refractivity contribution in [3.63, 3.8) is 0 Å². The van der Waals surface area contributed by atoms with E-state index in [0.29, 0.717) is 0 Å². The molecule has 0 N–H and O–H groups in total. The normalized spacial score (nSPS) is 9.71. The van der Waals surface area contributed by atoms with Crippen LogP contribution in [0.5, 0.6) is 5.75 Å². The van der Waals surface area contributed by atoms with E-state index in [4.69, 9.17) is 3.79 Å². The Morgan fingerprint density at radius 3 is 2.79 bits per heavy atom. The average molecular weight is 199 g/mol. The fourth-order valence-electron chi connectivity index (χ4n) is 1.22. The molecule has 0 aliphatic heterocycles. The first-order chi connectivity index (χ1) is 6.92. The maximum atomic E-state index is 5.25. The minimum absolute atomic E-state index is 0.803. The third kappa shape index (κ3) is 1.77. The molecule has 67 valence electrons. The number of hydrogen-bond acceptors (Lipinski definition) is 3. The van der Waals surface area contributed by atoms with Gasteiger partial charge in [0.25, 0.3) is 0 Å². The van der Waals surface area contributed by atoms with Crippen LogP contribution in [0.3, 0.4) is 0 Å². The molecule has 0 aliphatic carbocycles. The Hall–Kier alpha value is -1.37. The van der Waals surface area contributed by atoms with Crippen molar-refractivity contribution < 1.29 is 3.79 Å². The molecule has 0 bridgehead atoms. The molecule has 2 aromatic rings. The van der Waals surface area contributed by atoms with Crippen LogP contribution in [0.25, 0.3) is 11.3 Å². The number of aromatic nitrogens is 2. The summed E-state index contributed by atoms with van der Waals surface area (Å²) in [5.74, 6) is 0.803. The Kier molecular flexibility index (Phi) is 2.78. The van der Waals surface area contributed by atoms with Crippen molar-refractivity contribution in [3.8, 4) is 17.0 Å². The summed E-state index contributed by atoms with van der Waals surface area (Å²) >= 11 is 1.45. The number of hydrogen-bond donors (Lipinski definition) is 0. The summed E-state index contributed by atoms with van der Waals surface area (Å²) < 4.78 is 5.25. The first-order valence-electron chi connectivity index (χ1n) is 4.19. The van der Waals surface area contributed by atoms with Gasteiger partial charge in [0.15, 0.2) is 0 Å². The lowest BCUT2D eigenvalue weighted by atomic mass is 10.2. The van der Waals surface area contributed by atoms with Crippen LogP contribution in [0, 0.1) is 0 Å². The molecule has 0 amide bonds. The van der Waals surface area contributed by atoms with Gasteiger partial charge in [-0.1, -0.05) is 6.07 Å². The van der Waals surface area contributed by atoms with E-state index in [1.807, 2.05) is 24.3 Å². The van der Waals surface area contributed by atoms with Gasteiger partial charge in [-0.05, 0) is 18.2 Å². The molecule has 0 atom stereocenters. The van der Waals surface area contributed by atoms with Gasteiger partial charge in [0.1, 0.15) is 0 Å². The first kappa shape index (κ1) is 9.20. The minimum atomic E-state index is 0.803. The molecule has 3 nitrogen and oxygen atoms in total. The highest BCUT2D eigenvalue weighted by molar-refractivity contribution is 6.00. The zero-order chi connectivity index (χ0) is 9.80. The van der Waals surface area contributed by atoms with Crippen LogP contribution in [0.2, 0.25) is 0 Å². The highest BCUT2D eigenvalue weighted by Crippen LogP contribution is 2.25. The number of pyridine rings is 2. The second-order valence-corrected chi connectivity index (χ2v) is 3.02. The van der Waals surface area contributed by atoms with Gasteiger partial charge in [0, 0.05) is 18.6 Å². The van der Waals surface area contributed by atoms with Crippen LogP contribution in [0.1, 0.15) is 0 Å². The molecular weight excluding hydrogens is 191 g/mol. The SMILES string of the molecule is [AlH][O]c1ccncc1-c1ccccn1. The van der Waals surface area contributed by atoms with Gasteiger partial charge >= 0.3 is 16.6 Å². The summed E-state index contributed by atoms with van der Waals surface area (Å²) in [6.45, 7) is 0. The second kappa shape index (κ2) is 4.23. The molecule has 0 fully saturated rings. The van der Waals surface area contributed by atoms with Crippen LogP contribution in [0.15, 0.2) is 42.9 Å². The molecular formula is C10H8AlN2O. The van der Waals surface area contributed by atoms with Crippen LogP contribution in [-0.2, 0) is 0 Å². The predicted octanol–water partition coefficient (Wildman–Crippen LogP) is 1.34. The summed E-state index contributed by atoms with van der Waals surface area (Å²) in [5.41, 5.74) is 1.80. The summed E-state index contributed by atoms with van der Waals surface area (Å²) in [5, 5.41) is 0. The Morgan fingerprint density at radius 2 is 2.07 bits per heavy atom. The van der Waals surface area contributed by atoms with Crippen molar-refractivity contribution in [3.05, 3.63) is 42.9 Å². The highest BCUT2D eigenvalue weighted by atomic mass is 27.1. The average Bonchev–Trinajstić information content (AvgIpc) is 2.30. The summed E-state index contributed by atoms with van der Waals surface area (Å²) in [6.07, 6.45) is 5.21. The molecule has 0 aliphatic rings. The van der Waals surface area contributed by atoms with E-state index in [0.717, 1.165) is 17.0 Å². The Labute approximate surface area is 90.5 Å². The van der Waals surface area contributed by atoms with Gasteiger partial charge in [-0.2, -0.15) is 0 Å². The van der Waals surface area contributed by atoms with E-state index in [1.165, 1.54) is 16.6 Å². The van der Waals surface area contributed by atoms with Gasteiger partial charge in [0.2, 0.25) is 0 Å². The Morgan fingerprint density at radius 1 is 1.14 bits per heavy atom. The minimum Gasteiger partial charge on any atom is -0.650 e. The molecule has 1 radical (unpaired) electrons. The standard InChI is InChI=1S/C10H8N2O.Al.H/c13-10-4-6-11-7-8(10)9-3-1-2-5-12-9;;/h1-7H,(H,11,13);;/q;+1;/p-1. The molecule has 0 saturated carbocycles. The molecule has 0 saturated heterocycles. The Bertz CT molecular complexity index is 419. The van der Waals surface area contributed by atoms with E-state index < -0.39 is 0 Å². The molecule has 0 spiro atoms. The van der Waals surface area contributed by atoms with Crippen LogP contribution >= 0.6 is 0 Å². The van der Waals surface area contributed by atoms with E-state index in [2.05, 4.69) is 9.97 Å². The molecule has 14 heavy (non-hydrogen) atoms. The third-order valence-electron chi connectivity index (χ3n) is 1.88. The number of rotatable bonds is 2. The topological polar surface area (TPSA) is 35.0 Å². The van der Waals surface area contributed by atoms with Crippen LogP contribution < -0.4 is 3.79 Å². The lowest BCUT2D eigenvalue weighted by Gasteiger charge is -2.07. The smallest absolute Gasteiger partial charge is 0.494 e. The van der Waals surface area contributed by atoms with Crippen molar-refractivity contribution in [2.75, 3.05) is 0 Å². The van der Waals surface area contributed by atoms with Crippen molar-refractivity contribution in [2.24, 2.45) is 0 Å². The second-order valence-electron chi connectivity index (χ2n) is 2.73. The highest BCUT2D eigenvalue weighted by Gasteiger charge is 2.03. The first-order valence-corrected chi connectivity index (χ1v) is 4.77. The van der Waals surface area contributed by atoms with Gasteiger partial charge in [-0.25, -0.2) is 0 Å². The van der Waals surface area contributed by atoms with Gasteiger partial charge < -0.3 is 3.79 Å². The largest absolute Gasteiger partial charge is 0.650 e. The number of nitrogens with zero attached hydrogens (tertiary/aromatic N) is 2. The fourth-order valence-corrected chi connectivity index (χ4v) is 1.47. The van der Waals surface area contributed by atoms with Crippen LogP contribution in [0.4, 0.5) is 0 Å². The lowest BCUT2D eigenvalue weighted by Crippen LogP contribution is -1.91. The maximum absolute atomic E-state index is 5.25. The van der Waals surface area contributed by atoms with Crippen molar-refractivity contribution in [1.29, 1.82) is 0 Å². The third-order valence-corrected chi connectivity index (χ3v) is 2.19. The monoisotopic (exact) mass is 199 g/mol. The quantitative estimate of drug-likeness (QED) is 0.684. The predicted molar refractivity (Wildman–Crippen MR) is 55.2 cm³/mol. The van der Waals surface area contributed by atoms with E-state index >= 15 is 0 Å². The van der Waals surface area contributed by atoms with Crippen molar-refractivity contribution >= 4 is 16.6 Å². The zero-order valence-electron chi connectivity index (χ0n) is 7.55. The van der Waals surface area contributed by atoms with Gasteiger partial charge in [-0.3, -0.25) is 9.97 Å². The van der Waals surface area contributed by atoms with Crippen molar-refractivity contribution in [1.82, 2.24) is 9.97 Å². The molecule has 0 unspecified atom stereocenters. The van der Waals surface area contributed by atoms with Crippen molar-refractivity contribution in [2.45, 2.75) is 0 Å².